The molecule has 0 saturated heterocycles. The molecule has 2 aromatic carbocycles. The molecule has 0 amide bonds. The number of ether oxygens (including phenoxy) is 1. The van der Waals surface area contributed by atoms with Gasteiger partial charge in [-0.25, -0.2) is 4.79 Å². The largest absolute Gasteiger partial charge is 0.467 e. The Hall–Kier alpha value is -2.29. The molecule has 2 aromatic rings. The van der Waals surface area contributed by atoms with Gasteiger partial charge < -0.3 is 10.1 Å². The lowest BCUT2D eigenvalue weighted by Gasteiger charge is -2.18. The first kappa shape index (κ1) is 15.1. The number of aryl methyl sites for hydroxylation is 2. The molecule has 0 aromatic heterocycles. The Kier molecular flexibility index (Phi) is 4.99. The molecule has 0 aliphatic carbocycles. The number of carbonyl (C=O) groups is 1. The van der Waals surface area contributed by atoms with E-state index in [2.05, 4.69) is 12.2 Å². The number of hydrogen-bond donors (Lipinski definition) is 1. The first-order chi connectivity index (χ1) is 10.1. The van der Waals surface area contributed by atoms with E-state index in [-0.39, 0.29) is 5.97 Å². The molecule has 0 spiro atoms. The summed E-state index contributed by atoms with van der Waals surface area (Å²) in [5.41, 5.74) is 4.23. The fourth-order valence-corrected chi connectivity index (χ4v) is 2.16. The van der Waals surface area contributed by atoms with E-state index in [1.807, 2.05) is 55.5 Å². The minimum atomic E-state index is -0.497. The zero-order valence-electron chi connectivity index (χ0n) is 12.7. The summed E-state index contributed by atoms with van der Waals surface area (Å²) >= 11 is 0. The molecule has 21 heavy (non-hydrogen) atoms. The Balaban J connectivity index is 2.25. The monoisotopic (exact) mass is 283 g/mol. The van der Waals surface area contributed by atoms with Crippen LogP contribution in [0.2, 0.25) is 0 Å². The summed E-state index contributed by atoms with van der Waals surface area (Å²) in [6.07, 6.45) is 0.981. The van der Waals surface area contributed by atoms with Gasteiger partial charge in [-0.3, -0.25) is 0 Å². The number of carbonyl (C=O) groups excluding carboxylic acids is 1. The molecule has 1 atom stereocenters. The molecule has 110 valence electrons. The van der Waals surface area contributed by atoms with Crippen LogP contribution in [-0.2, 0) is 16.0 Å². The van der Waals surface area contributed by atoms with E-state index < -0.39 is 6.04 Å². The van der Waals surface area contributed by atoms with Crippen LogP contribution in [0.5, 0.6) is 0 Å². The summed E-state index contributed by atoms with van der Waals surface area (Å²) in [5.74, 6) is -0.292. The maximum atomic E-state index is 12.1. The van der Waals surface area contributed by atoms with E-state index in [0.717, 1.165) is 17.7 Å². The van der Waals surface area contributed by atoms with Crippen molar-refractivity contribution in [3.8, 4) is 0 Å². The van der Waals surface area contributed by atoms with Crippen molar-refractivity contribution in [3.63, 3.8) is 0 Å². The SMILES string of the molecule is CCc1ccc(C(Nc2ccc(C)cc2)C(=O)OC)cc1. The molecule has 0 heterocycles. The summed E-state index contributed by atoms with van der Waals surface area (Å²) in [7, 11) is 1.41. The van der Waals surface area contributed by atoms with E-state index in [0.29, 0.717) is 0 Å². The second kappa shape index (κ2) is 6.93. The van der Waals surface area contributed by atoms with E-state index in [9.17, 15) is 4.79 Å². The first-order valence-corrected chi connectivity index (χ1v) is 7.14. The smallest absolute Gasteiger partial charge is 0.332 e. The van der Waals surface area contributed by atoms with Crippen LogP contribution in [0.3, 0.4) is 0 Å². The van der Waals surface area contributed by atoms with Crippen molar-refractivity contribution in [2.45, 2.75) is 26.3 Å². The summed E-state index contributed by atoms with van der Waals surface area (Å²) in [5, 5.41) is 3.24. The lowest BCUT2D eigenvalue weighted by atomic mass is 10.0. The van der Waals surface area contributed by atoms with Crippen LogP contribution in [0.25, 0.3) is 0 Å². The van der Waals surface area contributed by atoms with Gasteiger partial charge in [-0.05, 0) is 36.6 Å². The minimum Gasteiger partial charge on any atom is -0.467 e. The van der Waals surface area contributed by atoms with Crippen molar-refractivity contribution in [2.24, 2.45) is 0 Å². The standard InChI is InChI=1S/C18H21NO2/c1-4-14-7-9-15(10-8-14)17(18(20)21-3)19-16-11-5-13(2)6-12-16/h5-12,17,19H,4H2,1-3H3. The van der Waals surface area contributed by atoms with Gasteiger partial charge in [-0.1, -0.05) is 48.9 Å². The van der Waals surface area contributed by atoms with Crippen molar-refractivity contribution in [1.82, 2.24) is 0 Å². The Morgan fingerprint density at radius 2 is 1.71 bits per heavy atom. The summed E-state index contributed by atoms with van der Waals surface area (Å²) in [6, 6.07) is 15.5. The Morgan fingerprint density at radius 1 is 1.10 bits per heavy atom. The summed E-state index contributed by atoms with van der Waals surface area (Å²) in [4.78, 5) is 12.1. The van der Waals surface area contributed by atoms with Crippen molar-refractivity contribution >= 4 is 11.7 Å². The molecule has 1 N–H and O–H groups in total. The highest BCUT2D eigenvalue weighted by atomic mass is 16.5. The zero-order valence-corrected chi connectivity index (χ0v) is 12.7. The molecule has 0 aliphatic rings. The van der Waals surface area contributed by atoms with E-state index in [1.165, 1.54) is 18.2 Å². The highest BCUT2D eigenvalue weighted by molar-refractivity contribution is 5.81. The maximum absolute atomic E-state index is 12.1. The minimum absolute atomic E-state index is 0.292. The molecule has 0 aliphatic heterocycles. The van der Waals surface area contributed by atoms with E-state index in [1.54, 1.807) is 0 Å². The highest BCUT2D eigenvalue weighted by Gasteiger charge is 2.21. The number of hydrogen-bond acceptors (Lipinski definition) is 3. The van der Waals surface area contributed by atoms with E-state index in [4.69, 9.17) is 4.74 Å². The van der Waals surface area contributed by atoms with E-state index >= 15 is 0 Å². The van der Waals surface area contributed by atoms with Crippen molar-refractivity contribution in [2.75, 3.05) is 12.4 Å². The molecule has 0 saturated carbocycles. The molecule has 3 heteroatoms. The maximum Gasteiger partial charge on any atom is 0.332 e. The van der Waals surface area contributed by atoms with Gasteiger partial charge in [0.15, 0.2) is 6.04 Å². The topological polar surface area (TPSA) is 38.3 Å². The Morgan fingerprint density at radius 3 is 2.24 bits per heavy atom. The van der Waals surface area contributed by atoms with Gasteiger partial charge in [0.1, 0.15) is 0 Å². The normalized spacial score (nSPS) is 11.8. The van der Waals surface area contributed by atoms with Crippen LogP contribution in [-0.4, -0.2) is 13.1 Å². The summed E-state index contributed by atoms with van der Waals surface area (Å²) < 4.78 is 4.92. The van der Waals surface area contributed by atoms with Crippen LogP contribution in [0.15, 0.2) is 48.5 Å². The van der Waals surface area contributed by atoms with Gasteiger partial charge >= 0.3 is 5.97 Å². The average molecular weight is 283 g/mol. The molecule has 2 rings (SSSR count). The molecule has 0 bridgehead atoms. The van der Waals surface area contributed by atoms with Gasteiger partial charge in [0.2, 0.25) is 0 Å². The van der Waals surface area contributed by atoms with Crippen molar-refractivity contribution in [1.29, 1.82) is 0 Å². The van der Waals surface area contributed by atoms with Crippen LogP contribution in [0.1, 0.15) is 29.7 Å². The summed E-state index contributed by atoms with van der Waals surface area (Å²) in [6.45, 7) is 4.14. The molecule has 0 radical (unpaired) electrons. The quantitative estimate of drug-likeness (QED) is 0.846. The van der Waals surface area contributed by atoms with Gasteiger partial charge in [0.05, 0.1) is 7.11 Å². The van der Waals surface area contributed by atoms with Gasteiger partial charge in [0, 0.05) is 5.69 Å². The molecular weight excluding hydrogens is 262 g/mol. The predicted molar refractivity (Wildman–Crippen MR) is 85.4 cm³/mol. The average Bonchev–Trinajstić information content (AvgIpc) is 2.54. The first-order valence-electron chi connectivity index (χ1n) is 7.14. The van der Waals surface area contributed by atoms with Crippen LogP contribution < -0.4 is 5.32 Å². The zero-order chi connectivity index (χ0) is 15.2. The third kappa shape index (κ3) is 3.85. The molecule has 3 nitrogen and oxygen atoms in total. The van der Waals surface area contributed by atoms with Crippen LogP contribution in [0.4, 0.5) is 5.69 Å². The second-order valence-electron chi connectivity index (χ2n) is 5.06. The molecular formula is C18H21NO2. The fraction of sp³-hybridized carbons (Fsp3) is 0.278. The number of benzene rings is 2. The van der Waals surface area contributed by atoms with Gasteiger partial charge in [-0.15, -0.1) is 0 Å². The third-order valence-electron chi connectivity index (χ3n) is 3.52. The number of esters is 1. The number of anilines is 1. The Bertz CT molecular complexity index is 588. The van der Waals surface area contributed by atoms with Crippen LogP contribution in [0, 0.1) is 6.92 Å². The lowest BCUT2D eigenvalue weighted by Crippen LogP contribution is -2.22. The predicted octanol–water partition coefficient (Wildman–Crippen LogP) is 3.88. The van der Waals surface area contributed by atoms with Gasteiger partial charge in [-0.2, -0.15) is 0 Å². The number of methoxy groups -OCH3 is 1. The molecule has 1 unspecified atom stereocenters. The second-order valence-corrected chi connectivity index (χ2v) is 5.06. The fourth-order valence-electron chi connectivity index (χ4n) is 2.16. The van der Waals surface area contributed by atoms with Crippen molar-refractivity contribution in [3.05, 3.63) is 65.2 Å². The third-order valence-corrected chi connectivity index (χ3v) is 3.52. The number of nitrogens with one attached hydrogen (secondary N) is 1. The Labute approximate surface area is 126 Å². The van der Waals surface area contributed by atoms with Gasteiger partial charge in [0.25, 0.3) is 0 Å². The molecule has 0 fully saturated rings. The number of rotatable bonds is 5. The van der Waals surface area contributed by atoms with Crippen molar-refractivity contribution < 1.29 is 9.53 Å². The highest BCUT2D eigenvalue weighted by Crippen LogP contribution is 2.22. The lowest BCUT2D eigenvalue weighted by molar-refractivity contribution is -0.141. The van der Waals surface area contributed by atoms with Crippen LogP contribution >= 0.6 is 0 Å².